The van der Waals surface area contributed by atoms with Crippen molar-refractivity contribution in [3.8, 4) is 5.75 Å². The van der Waals surface area contributed by atoms with Gasteiger partial charge in [-0.2, -0.15) is 0 Å². The van der Waals surface area contributed by atoms with Crippen LogP contribution >= 0.6 is 31.9 Å². The number of aromatic carboxylic acids is 1. The molecule has 0 fully saturated rings. The molecule has 5 nitrogen and oxygen atoms in total. The summed E-state index contributed by atoms with van der Waals surface area (Å²) in [6, 6.07) is 2.79. The van der Waals surface area contributed by atoms with E-state index < -0.39 is 11.9 Å². The highest BCUT2D eigenvalue weighted by atomic mass is 79.9. The molecule has 1 N–H and O–H groups in total. The van der Waals surface area contributed by atoms with Gasteiger partial charge in [-0.1, -0.05) is 0 Å². The van der Waals surface area contributed by atoms with Crippen molar-refractivity contribution in [2.24, 2.45) is 0 Å². The standard InChI is InChI=1S/C11H10Br2O5/c1-2-17-9(14)5-18-10-7(12)3-6(11(15)16)4-8(10)13/h3-4H,2,5H2,1H3,(H,15,16). The van der Waals surface area contributed by atoms with Crippen molar-refractivity contribution in [1.82, 2.24) is 0 Å². The minimum absolute atomic E-state index is 0.109. The first-order chi connectivity index (χ1) is 8.45. The third-order valence-corrected chi connectivity index (χ3v) is 3.06. The lowest BCUT2D eigenvalue weighted by Gasteiger charge is -2.10. The van der Waals surface area contributed by atoms with Gasteiger partial charge in [0.25, 0.3) is 0 Å². The molecular formula is C11H10Br2O5. The van der Waals surface area contributed by atoms with Crippen LogP contribution < -0.4 is 4.74 Å². The molecule has 98 valence electrons. The first kappa shape index (κ1) is 15.0. The zero-order chi connectivity index (χ0) is 13.7. The van der Waals surface area contributed by atoms with E-state index in [1.807, 2.05) is 0 Å². The Morgan fingerprint density at radius 3 is 2.28 bits per heavy atom. The molecule has 0 aromatic heterocycles. The van der Waals surface area contributed by atoms with Gasteiger partial charge in [0.1, 0.15) is 5.75 Å². The van der Waals surface area contributed by atoms with Crippen LogP contribution in [0.15, 0.2) is 21.1 Å². The van der Waals surface area contributed by atoms with Crippen molar-refractivity contribution >= 4 is 43.8 Å². The van der Waals surface area contributed by atoms with Crippen molar-refractivity contribution in [2.75, 3.05) is 13.2 Å². The number of ether oxygens (including phenoxy) is 2. The van der Waals surface area contributed by atoms with Crippen molar-refractivity contribution < 1.29 is 24.2 Å². The molecule has 0 aliphatic carbocycles. The molecule has 0 unspecified atom stereocenters. The number of hydrogen-bond donors (Lipinski definition) is 1. The smallest absolute Gasteiger partial charge is 0.344 e. The van der Waals surface area contributed by atoms with Crippen LogP contribution in [0.25, 0.3) is 0 Å². The van der Waals surface area contributed by atoms with E-state index in [2.05, 4.69) is 31.9 Å². The largest absolute Gasteiger partial charge is 0.480 e. The molecule has 1 rings (SSSR count). The summed E-state index contributed by atoms with van der Waals surface area (Å²) in [4.78, 5) is 22.0. The van der Waals surface area contributed by atoms with Crippen molar-refractivity contribution in [1.29, 1.82) is 0 Å². The first-order valence-corrected chi connectivity index (χ1v) is 6.55. The maximum atomic E-state index is 11.1. The predicted octanol–water partition coefficient (Wildman–Crippen LogP) is 2.85. The minimum atomic E-state index is -1.05. The summed E-state index contributed by atoms with van der Waals surface area (Å²) in [7, 11) is 0. The van der Waals surface area contributed by atoms with Gasteiger partial charge >= 0.3 is 11.9 Å². The number of halogens is 2. The molecule has 0 saturated heterocycles. The highest BCUT2D eigenvalue weighted by Crippen LogP contribution is 2.34. The summed E-state index contributed by atoms with van der Waals surface area (Å²) in [5.41, 5.74) is 0.109. The van der Waals surface area contributed by atoms with Crippen molar-refractivity contribution in [3.63, 3.8) is 0 Å². The summed E-state index contributed by atoms with van der Waals surface area (Å²) >= 11 is 6.37. The molecule has 0 aliphatic rings. The SMILES string of the molecule is CCOC(=O)COc1c(Br)cc(C(=O)O)cc1Br. The second kappa shape index (κ2) is 6.75. The van der Waals surface area contributed by atoms with E-state index in [1.165, 1.54) is 12.1 Å². The lowest BCUT2D eigenvalue weighted by molar-refractivity contribution is -0.145. The Hall–Kier alpha value is -1.08. The topological polar surface area (TPSA) is 72.8 Å². The highest BCUT2D eigenvalue weighted by Gasteiger charge is 2.14. The van der Waals surface area contributed by atoms with E-state index in [1.54, 1.807) is 6.92 Å². The van der Waals surface area contributed by atoms with Gasteiger partial charge in [0.15, 0.2) is 6.61 Å². The van der Waals surface area contributed by atoms with E-state index in [0.29, 0.717) is 14.7 Å². The van der Waals surface area contributed by atoms with E-state index in [9.17, 15) is 9.59 Å². The Morgan fingerprint density at radius 1 is 1.28 bits per heavy atom. The Labute approximate surface area is 120 Å². The molecule has 0 aliphatic heterocycles. The van der Waals surface area contributed by atoms with Crippen LogP contribution in [0.4, 0.5) is 0 Å². The molecule has 0 atom stereocenters. The van der Waals surface area contributed by atoms with Crippen LogP contribution in [0.1, 0.15) is 17.3 Å². The van der Waals surface area contributed by atoms with Gasteiger partial charge in [-0.15, -0.1) is 0 Å². The van der Waals surface area contributed by atoms with Crippen LogP contribution in [0, 0.1) is 0 Å². The Morgan fingerprint density at radius 2 is 1.83 bits per heavy atom. The number of carboxylic acids is 1. The van der Waals surface area contributed by atoms with Crippen LogP contribution in [-0.4, -0.2) is 30.3 Å². The normalized spacial score (nSPS) is 9.94. The maximum Gasteiger partial charge on any atom is 0.344 e. The Kier molecular flexibility index (Phi) is 5.61. The zero-order valence-electron chi connectivity index (χ0n) is 9.41. The third-order valence-electron chi connectivity index (χ3n) is 1.88. The molecule has 18 heavy (non-hydrogen) atoms. The van der Waals surface area contributed by atoms with Gasteiger partial charge in [-0.05, 0) is 50.9 Å². The fourth-order valence-electron chi connectivity index (χ4n) is 1.16. The molecule has 0 amide bonds. The molecule has 1 aromatic rings. The number of benzene rings is 1. The number of esters is 1. The third kappa shape index (κ3) is 3.99. The van der Waals surface area contributed by atoms with E-state index in [-0.39, 0.29) is 18.8 Å². The van der Waals surface area contributed by atoms with Crippen LogP contribution in [0.3, 0.4) is 0 Å². The van der Waals surface area contributed by atoms with E-state index in [4.69, 9.17) is 14.6 Å². The quantitative estimate of drug-likeness (QED) is 0.794. The summed E-state index contributed by atoms with van der Waals surface area (Å²) in [5.74, 6) is -1.18. The molecule has 0 bridgehead atoms. The minimum Gasteiger partial charge on any atom is -0.480 e. The molecule has 7 heteroatoms. The summed E-state index contributed by atoms with van der Waals surface area (Å²) in [6.07, 6.45) is 0. The van der Waals surface area contributed by atoms with Crippen molar-refractivity contribution in [3.05, 3.63) is 26.6 Å². The molecule has 0 saturated carbocycles. The van der Waals surface area contributed by atoms with E-state index >= 15 is 0 Å². The van der Waals surface area contributed by atoms with Crippen LogP contribution in [0.5, 0.6) is 5.75 Å². The van der Waals surface area contributed by atoms with Gasteiger partial charge in [0.2, 0.25) is 0 Å². The van der Waals surface area contributed by atoms with E-state index in [0.717, 1.165) is 0 Å². The maximum absolute atomic E-state index is 11.1. The number of rotatable bonds is 5. The van der Waals surface area contributed by atoms with Crippen molar-refractivity contribution in [2.45, 2.75) is 6.92 Å². The molecular weight excluding hydrogens is 372 g/mol. The number of carbonyl (C=O) groups is 2. The second-order valence-corrected chi connectivity index (χ2v) is 4.88. The average molecular weight is 382 g/mol. The van der Waals surface area contributed by atoms with Gasteiger partial charge in [-0.25, -0.2) is 9.59 Å². The van der Waals surface area contributed by atoms with Crippen LogP contribution in [-0.2, 0) is 9.53 Å². The predicted molar refractivity (Wildman–Crippen MR) is 70.9 cm³/mol. The van der Waals surface area contributed by atoms with Crippen LogP contribution in [0.2, 0.25) is 0 Å². The summed E-state index contributed by atoms with van der Waals surface area (Å²) in [6.45, 7) is 1.74. The molecule has 0 heterocycles. The fourth-order valence-corrected chi connectivity index (χ4v) is 2.57. The Bertz CT molecular complexity index is 449. The van der Waals surface area contributed by atoms with Gasteiger partial charge in [-0.3, -0.25) is 0 Å². The summed E-state index contributed by atoms with van der Waals surface area (Å²) < 4.78 is 10.9. The highest BCUT2D eigenvalue weighted by molar-refractivity contribution is 9.11. The first-order valence-electron chi connectivity index (χ1n) is 4.96. The molecule has 0 radical (unpaired) electrons. The fraction of sp³-hybridized carbons (Fsp3) is 0.273. The number of carboxylic acid groups (broad SMARTS) is 1. The lowest BCUT2D eigenvalue weighted by atomic mass is 10.2. The zero-order valence-corrected chi connectivity index (χ0v) is 12.6. The number of hydrogen-bond acceptors (Lipinski definition) is 4. The number of carbonyl (C=O) groups excluding carboxylic acids is 1. The monoisotopic (exact) mass is 380 g/mol. The van der Waals surface area contributed by atoms with Gasteiger partial charge < -0.3 is 14.6 Å². The molecule has 1 aromatic carbocycles. The Balaban J connectivity index is 2.84. The van der Waals surface area contributed by atoms with Gasteiger partial charge in [0, 0.05) is 0 Å². The summed E-state index contributed by atoms with van der Waals surface area (Å²) in [5, 5.41) is 8.86. The molecule has 0 spiro atoms. The van der Waals surface area contributed by atoms with Gasteiger partial charge in [0.05, 0.1) is 21.1 Å². The second-order valence-electron chi connectivity index (χ2n) is 3.17. The average Bonchev–Trinajstić information content (AvgIpc) is 2.27. The lowest BCUT2D eigenvalue weighted by Crippen LogP contribution is -2.15.